The minimum atomic E-state index is -0.960. The molecule has 7 heteroatoms. The van der Waals surface area contributed by atoms with Gasteiger partial charge in [-0.05, 0) is 73.5 Å². The molecule has 7 nitrogen and oxygen atoms in total. The van der Waals surface area contributed by atoms with Crippen molar-refractivity contribution < 1.29 is 33.4 Å². The van der Waals surface area contributed by atoms with Gasteiger partial charge in [0.05, 0.1) is 7.11 Å². The van der Waals surface area contributed by atoms with Crippen molar-refractivity contribution >= 4 is 23.7 Å². The van der Waals surface area contributed by atoms with Crippen LogP contribution in [-0.4, -0.2) is 43.0 Å². The molecule has 0 N–H and O–H groups in total. The molecule has 0 aliphatic heterocycles. The summed E-state index contributed by atoms with van der Waals surface area (Å²) in [7, 11) is 1.31. The monoisotopic (exact) mass is 462 g/mol. The third-order valence-corrected chi connectivity index (χ3v) is 9.80. The van der Waals surface area contributed by atoms with Gasteiger partial charge in [-0.3, -0.25) is 14.4 Å². The quantitative estimate of drug-likeness (QED) is 0.462. The average molecular weight is 463 g/mol. The number of hydrogen-bond donors (Lipinski definition) is 0. The summed E-state index contributed by atoms with van der Waals surface area (Å²) >= 11 is 0. The zero-order valence-corrected chi connectivity index (χ0v) is 20.6. The fraction of sp³-hybridized carbons (Fsp3) is 0.846. The SMILES string of the molecule is COC(=O)[C@H](OC(C)=O)[C@@H]1CC[C@@H]2[C@@H]3CC[C@@H]4C[C@H](OC(C)=O)CC[C@]4(C)[C@@H]3C(=O)C[C@@]21C. The lowest BCUT2D eigenvalue weighted by Crippen LogP contribution is -2.58. The predicted octanol–water partition coefficient (Wildman–Crippen LogP) is 3.86. The van der Waals surface area contributed by atoms with Crippen LogP contribution in [0.4, 0.5) is 0 Å². The third-order valence-electron chi connectivity index (χ3n) is 9.80. The molecule has 0 amide bonds. The van der Waals surface area contributed by atoms with Crippen LogP contribution in [0.5, 0.6) is 0 Å². The largest absolute Gasteiger partial charge is 0.466 e. The van der Waals surface area contributed by atoms with Crippen LogP contribution < -0.4 is 0 Å². The van der Waals surface area contributed by atoms with Gasteiger partial charge in [0, 0.05) is 32.1 Å². The van der Waals surface area contributed by atoms with Gasteiger partial charge >= 0.3 is 17.9 Å². The van der Waals surface area contributed by atoms with Gasteiger partial charge in [-0.1, -0.05) is 13.8 Å². The molecule has 0 bridgehead atoms. The highest BCUT2D eigenvalue weighted by Crippen LogP contribution is 2.67. The van der Waals surface area contributed by atoms with E-state index in [9.17, 15) is 19.2 Å². The summed E-state index contributed by atoms with van der Waals surface area (Å²) in [5.74, 6) is -0.208. The van der Waals surface area contributed by atoms with Crippen LogP contribution in [0.1, 0.15) is 79.1 Å². The molecule has 0 aromatic rings. The number of methoxy groups -OCH3 is 1. The van der Waals surface area contributed by atoms with Crippen LogP contribution in [0, 0.1) is 40.4 Å². The van der Waals surface area contributed by atoms with E-state index in [1.807, 2.05) is 0 Å². The number of fused-ring (bicyclic) bond motifs is 5. The molecule has 4 aliphatic carbocycles. The van der Waals surface area contributed by atoms with E-state index in [-0.39, 0.29) is 46.4 Å². The minimum absolute atomic E-state index is 0.0108. The van der Waals surface area contributed by atoms with E-state index in [1.54, 1.807) is 0 Å². The molecule has 0 heterocycles. The van der Waals surface area contributed by atoms with Crippen molar-refractivity contribution in [3.05, 3.63) is 0 Å². The molecule has 4 fully saturated rings. The second-order valence-electron chi connectivity index (χ2n) is 11.4. The van der Waals surface area contributed by atoms with E-state index < -0.39 is 18.0 Å². The molecule has 0 aromatic heterocycles. The lowest BCUT2D eigenvalue weighted by atomic mass is 9.44. The van der Waals surface area contributed by atoms with Crippen molar-refractivity contribution in [3.8, 4) is 0 Å². The van der Waals surface area contributed by atoms with Crippen molar-refractivity contribution in [1.29, 1.82) is 0 Å². The standard InChI is InChI=1S/C26H38O7/c1-14(27)32-17-10-11-25(3)16(12-17)6-7-18-19-8-9-20(23(24(30)31-5)33-15(2)28)26(19,4)13-21(29)22(18)25/h16-20,22-23H,6-13H2,1-5H3/t16-,17-,18+,19-,20+,22+,23-,25+,26+/m1/s1. The number of hydrogen-bond acceptors (Lipinski definition) is 7. The summed E-state index contributed by atoms with van der Waals surface area (Å²) in [6.07, 6.45) is 5.65. The van der Waals surface area contributed by atoms with Crippen molar-refractivity contribution in [3.63, 3.8) is 0 Å². The first-order valence-electron chi connectivity index (χ1n) is 12.5. The Morgan fingerprint density at radius 2 is 1.70 bits per heavy atom. The lowest BCUT2D eigenvalue weighted by molar-refractivity contribution is -0.180. The maximum absolute atomic E-state index is 13.8. The van der Waals surface area contributed by atoms with Gasteiger partial charge in [-0.2, -0.15) is 0 Å². The normalized spacial score (nSPS) is 42.9. The van der Waals surface area contributed by atoms with Crippen LogP contribution in [0.3, 0.4) is 0 Å². The van der Waals surface area contributed by atoms with Crippen LogP contribution in [0.15, 0.2) is 0 Å². The molecular formula is C26H38O7. The van der Waals surface area contributed by atoms with Crippen LogP contribution in [0.25, 0.3) is 0 Å². The number of rotatable bonds is 4. The Labute approximate surface area is 196 Å². The number of esters is 3. The van der Waals surface area contributed by atoms with E-state index in [1.165, 1.54) is 21.0 Å². The van der Waals surface area contributed by atoms with Crippen molar-refractivity contribution in [2.45, 2.75) is 91.3 Å². The average Bonchev–Trinajstić information content (AvgIpc) is 3.07. The third kappa shape index (κ3) is 3.99. The molecule has 33 heavy (non-hydrogen) atoms. The zero-order chi connectivity index (χ0) is 24.1. The lowest BCUT2D eigenvalue weighted by Gasteiger charge is -2.60. The fourth-order valence-corrected chi connectivity index (χ4v) is 8.50. The van der Waals surface area contributed by atoms with Crippen LogP contribution in [0.2, 0.25) is 0 Å². The van der Waals surface area contributed by atoms with Gasteiger partial charge in [-0.15, -0.1) is 0 Å². The molecule has 0 radical (unpaired) electrons. The smallest absolute Gasteiger partial charge is 0.347 e. The summed E-state index contributed by atoms with van der Waals surface area (Å²) < 4.78 is 16.0. The van der Waals surface area contributed by atoms with Gasteiger partial charge < -0.3 is 14.2 Å². The molecule has 184 valence electrons. The number of carbonyl (C=O) groups excluding carboxylic acids is 4. The maximum atomic E-state index is 13.8. The van der Waals surface area contributed by atoms with E-state index in [0.717, 1.165) is 44.9 Å². The zero-order valence-electron chi connectivity index (χ0n) is 20.6. The first-order chi connectivity index (χ1) is 15.5. The second-order valence-corrected chi connectivity index (χ2v) is 11.4. The fourth-order valence-electron chi connectivity index (χ4n) is 8.50. The van der Waals surface area contributed by atoms with Crippen molar-refractivity contribution in [2.24, 2.45) is 40.4 Å². The molecule has 4 saturated carbocycles. The summed E-state index contributed by atoms with van der Waals surface area (Å²) in [5.41, 5.74) is -0.460. The highest BCUT2D eigenvalue weighted by Gasteiger charge is 2.65. The van der Waals surface area contributed by atoms with Crippen LogP contribution in [-0.2, 0) is 33.4 Å². The Kier molecular flexibility index (Phi) is 6.38. The Morgan fingerprint density at radius 3 is 2.33 bits per heavy atom. The molecule has 0 unspecified atom stereocenters. The van der Waals surface area contributed by atoms with Gasteiger partial charge in [0.2, 0.25) is 6.10 Å². The molecular weight excluding hydrogens is 424 g/mol. The summed E-state index contributed by atoms with van der Waals surface area (Å²) in [6.45, 7) is 7.17. The Morgan fingerprint density at radius 1 is 0.970 bits per heavy atom. The predicted molar refractivity (Wildman–Crippen MR) is 119 cm³/mol. The summed E-state index contributed by atoms with van der Waals surface area (Å²) in [5, 5.41) is 0. The van der Waals surface area contributed by atoms with Gasteiger partial charge in [0.1, 0.15) is 11.9 Å². The van der Waals surface area contributed by atoms with Gasteiger partial charge in [-0.25, -0.2) is 4.79 Å². The number of carbonyl (C=O) groups is 4. The molecule has 0 aromatic carbocycles. The summed E-state index contributed by atoms with van der Waals surface area (Å²) in [6, 6.07) is 0. The molecule has 4 aliphatic rings. The number of ether oxygens (including phenoxy) is 3. The molecule has 4 rings (SSSR count). The molecule has 9 atom stereocenters. The Balaban J connectivity index is 1.59. The Bertz CT molecular complexity index is 836. The maximum Gasteiger partial charge on any atom is 0.347 e. The second kappa shape index (κ2) is 8.70. The van der Waals surface area contributed by atoms with E-state index in [0.29, 0.717) is 18.3 Å². The van der Waals surface area contributed by atoms with E-state index >= 15 is 0 Å². The topological polar surface area (TPSA) is 96.0 Å². The Hall–Kier alpha value is -1.92. The van der Waals surface area contributed by atoms with Gasteiger partial charge in [0.25, 0.3) is 0 Å². The first-order valence-corrected chi connectivity index (χ1v) is 12.5. The van der Waals surface area contributed by atoms with Crippen LogP contribution >= 0.6 is 0 Å². The molecule has 0 spiro atoms. The highest BCUT2D eigenvalue weighted by atomic mass is 16.6. The van der Waals surface area contributed by atoms with Crippen molar-refractivity contribution in [1.82, 2.24) is 0 Å². The van der Waals surface area contributed by atoms with Gasteiger partial charge in [0.15, 0.2) is 0 Å². The van der Waals surface area contributed by atoms with Crippen molar-refractivity contribution in [2.75, 3.05) is 7.11 Å². The summed E-state index contributed by atoms with van der Waals surface area (Å²) in [4.78, 5) is 49.6. The number of ketones is 1. The molecule has 0 saturated heterocycles. The van der Waals surface area contributed by atoms with E-state index in [4.69, 9.17) is 14.2 Å². The minimum Gasteiger partial charge on any atom is -0.466 e. The first kappa shape index (κ1) is 24.2. The number of Topliss-reactive ketones (excluding diaryl/α,β-unsaturated/α-hetero) is 1. The highest BCUT2D eigenvalue weighted by molar-refractivity contribution is 5.85. The van der Waals surface area contributed by atoms with E-state index in [2.05, 4.69) is 13.8 Å².